The summed E-state index contributed by atoms with van der Waals surface area (Å²) in [6, 6.07) is 3.82. The fourth-order valence-corrected chi connectivity index (χ4v) is 1.37. The molecular formula is C10H14ClN3O3. The number of aliphatic hydroxyl groups excluding tert-OH is 1. The fourth-order valence-electron chi connectivity index (χ4n) is 1.20. The van der Waals surface area contributed by atoms with E-state index in [1.54, 1.807) is 13.0 Å². The molecule has 0 heterocycles. The molecule has 0 aliphatic carbocycles. The minimum absolute atomic E-state index is 0.115. The zero-order valence-electron chi connectivity index (χ0n) is 9.26. The normalized spacial score (nSPS) is 14.1. The van der Waals surface area contributed by atoms with Gasteiger partial charge in [-0.15, -0.1) is 0 Å². The Morgan fingerprint density at radius 2 is 2.29 bits per heavy atom. The lowest BCUT2D eigenvalue weighted by Crippen LogP contribution is -2.38. The zero-order chi connectivity index (χ0) is 13.0. The van der Waals surface area contributed by atoms with Gasteiger partial charge in [-0.05, 0) is 19.1 Å². The van der Waals surface area contributed by atoms with Gasteiger partial charge in [0.2, 0.25) is 0 Å². The number of nitrogens with zero attached hydrogens (tertiary/aromatic N) is 1. The molecule has 0 amide bonds. The smallest absolute Gasteiger partial charge is 0.293 e. The van der Waals surface area contributed by atoms with Crippen LogP contribution in [0.4, 0.5) is 11.4 Å². The molecule has 0 aromatic heterocycles. The first-order valence-electron chi connectivity index (χ1n) is 5.03. The summed E-state index contributed by atoms with van der Waals surface area (Å²) < 4.78 is 0. The molecule has 7 heteroatoms. The molecule has 17 heavy (non-hydrogen) atoms. The molecular weight excluding hydrogens is 246 g/mol. The van der Waals surface area contributed by atoms with Crippen LogP contribution in [-0.2, 0) is 0 Å². The molecule has 1 aromatic carbocycles. The maximum absolute atomic E-state index is 10.8. The largest absolute Gasteiger partial charge is 0.392 e. The predicted molar refractivity (Wildman–Crippen MR) is 66.3 cm³/mol. The number of nitro benzene ring substituents is 1. The van der Waals surface area contributed by atoms with Gasteiger partial charge in [0.05, 0.1) is 11.0 Å². The number of nitrogens with two attached hydrogens (primary N) is 1. The van der Waals surface area contributed by atoms with E-state index in [0.717, 1.165) is 0 Å². The second kappa shape index (κ2) is 5.81. The van der Waals surface area contributed by atoms with Crippen molar-refractivity contribution in [3.05, 3.63) is 33.3 Å². The number of anilines is 1. The maximum atomic E-state index is 10.8. The second-order valence-electron chi connectivity index (χ2n) is 3.70. The maximum Gasteiger partial charge on any atom is 0.293 e. The highest BCUT2D eigenvalue weighted by atomic mass is 35.5. The number of hydrogen-bond donors (Lipinski definition) is 3. The van der Waals surface area contributed by atoms with E-state index >= 15 is 0 Å². The molecule has 0 bridgehead atoms. The molecule has 4 N–H and O–H groups in total. The Morgan fingerprint density at radius 3 is 2.82 bits per heavy atom. The summed E-state index contributed by atoms with van der Waals surface area (Å²) in [4.78, 5) is 10.3. The van der Waals surface area contributed by atoms with Gasteiger partial charge in [-0.1, -0.05) is 11.6 Å². The van der Waals surface area contributed by atoms with E-state index in [-0.39, 0.29) is 12.2 Å². The number of hydrogen-bond acceptors (Lipinski definition) is 5. The number of halogens is 1. The lowest BCUT2D eigenvalue weighted by molar-refractivity contribution is -0.383. The van der Waals surface area contributed by atoms with Gasteiger partial charge < -0.3 is 16.2 Å². The van der Waals surface area contributed by atoms with E-state index in [0.29, 0.717) is 10.7 Å². The van der Waals surface area contributed by atoms with Crippen LogP contribution in [0.25, 0.3) is 0 Å². The molecule has 1 aromatic rings. The summed E-state index contributed by atoms with van der Waals surface area (Å²) in [5.41, 5.74) is 5.83. The van der Waals surface area contributed by atoms with Gasteiger partial charge in [-0.25, -0.2) is 0 Å². The molecule has 2 atom stereocenters. The van der Waals surface area contributed by atoms with E-state index in [4.69, 9.17) is 17.3 Å². The summed E-state index contributed by atoms with van der Waals surface area (Å²) in [7, 11) is 0. The van der Waals surface area contributed by atoms with Gasteiger partial charge in [0.25, 0.3) is 5.69 Å². The molecule has 0 aliphatic heterocycles. The first kappa shape index (κ1) is 13.7. The predicted octanol–water partition coefficient (Wildman–Crippen LogP) is 1.37. The Bertz CT molecular complexity index is 412. The van der Waals surface area contributed by atoms with Crippen LogP contribution >= 0.6 is 11.6 Å². The van der Waals surface area contributed by atoms with Crippen molar-refractivity contribution >= 4 is 23.0 Å². The first-order valence-corrected chi connectivity index (χ1v) is 5.41. The summed E-state index contributed by atoms with van der Waals surface area (Å²) in [5.74, 6) is 0. The fraction of sp³-hybridized carbons (Fsp3) is 0.400. The molecule has 0 fully saturated rings. The summed E-state index contributed by atoms with van der Waals surface area (Å²) in [6.07, 6.45) is -0.686. The van der Waals surface area contributed by atoms with Crippen molar-refractivity contribution in [2.75, 3.05) is 11.9 Å². The molecule has 6 nitrogen and oxygen atoms in total. The van der Waals surface area contributed by atoms with Crippen molar-refractivity contribution in [1.82, 2.24) is 0 Å². The van der Waals surface area contributed by atoms with Gasteiger partial charge in [-0.2, -0.15) is 0 Å². The highest BCUT2D eigenvalue weighted by Crippen LogP contribution is 2.27. The molecule has 0 aliphatic rings. The van der Waals surface area contributed by atoms with Gasteiger partial charge in [0.15, 0.2) is 0 Å². The highest BCUT2D eigenvalue weighted by Gasteiger charge is 2.16. The van der Waals surface area contributed by atoms with Gasteiger partial charge in [0.1, 0.15) is 5.69 Å². The second-order valence-corrected chi connectivity index (χ2v) is 4.14. The van der Waals surface area contributed by atoms with E-state index in [2.05, 4.69) is 5.32 Å². The van der Waals surface area contributed by atoms with Gasteiger partial charge >= 0.3 is 0 Å². The van der Waals surface area contributed by atoms with Crippen LogP contribution in [0.2, 0.25) is 5.02 Å². The number of nitrogens with one attached hydrogen (secondary N) is 1. The molecule has 0 radical (unpaired) electrons. The number of rotatable bonds is 5. The summed E-state index contributed by atoms with van der Waals surface area (Å²) >= 11 is 5.68. The van der Waals surface area contributed by atoms with Gasteiger partial charge in [-0.3, -0.25) is 10.1 Å². The average Bonchev–Trinajstić information content (AvgIpc) is 2.26. The standard InChI is InChI=1S/C10H14ClN3O3/c1-6(15)8(12)5-13-9-3-2-7(11)4-10(9)14(16)17/h2-4,6,8,13,15H,5,12H2,1H3. The molecule has 0 spiro atoms. The van der Waals surface area contributed by atoms with Crippen LogP contribution in [0.3, 0.4) is 0 Å². The van der Waals surface area contributed by atoms with E-state index in [1.165, 1.54) is 12.1 Å². The quantitative estimate of drug-likeness (QED) is 0.548. The monoisotopic (exact) mass is 259 g/mol. The van der Waals surface area contributed by atoms with Crippen LogP contribution in [0.1, 0.15) is 6.92 Å². The van der Waals surface area contributed by atoms with E-state index in [1.807, 2.05) is 0 Å². The SMILES string of the molecule is CC(O)C(N)CNc1ccc(Cl)cc1[N+](=O)[O-]. The van der Waals surface area contributed by atoms with Crippen molar-refractivity contribution in [1.29, 1.82) is 0 Å². The molecule has 0 saturated heterocycles. The number of aliphatic hydroxyl groups is 1. The zero-order valence-corrected chi connectivity index (χ0v) is 10.0. The third kappa shape index (κ3) is 3.85. The Kier molecular flexibility index (Phi) is 4.68. The van der Waals surface area contributed by atoms with E-state index < -0.39 is 17.1 Å². The van der Waals surface area contributed by atoms with Crippen LogP contribution in [0.5, 0.6) is 0 Å². The van der Waals surface area contributed by atoms with Crippen LogP contribution in [-0.4, -0.2) is 28.7 Å². The minimum Gasteiger partial charge on any atom is -0.392 e. The topological polar surface area (TPSA) is 101 Å². The van der Waals surface area contributed by atoms with Crippen molar-refractivity contribution in [2.45, 2.75) is 19.1 Å². The van der Waals surface area contributed by atoms with Crippen molar-refractivity contribution < 1.29 is 10.0 Å². The van der Waals surface area contributed by atoms with Crippen LogP contribution in [0.15, 0.2) is 18.2 Å². The van der Waals surface area contributed by atoms with Gasteiger partial charge in [0, 0.05) is 23.7 Å². The average molecular weight is 260 g/mol. The first-order chi connectivity index (χ1) is 7.91. The van der Waals surface area contributed by atoms with Crippen molar-refractivity contribution in [3.8, 4) is 0 Å². The lowest BCUT2D eigenvalue weighted by Gasteiger charge is -2.16. The van der Waals surface area contributed by atoms with E-state index in [9.17, 15) is 15.2 Å². The van der Waals surface area contributed by atoms with Crippen LogP contribution in [0, 0.1) is 10.1 Å². The van der Waals surface area contributed by atoms with Crippen molar-refractivity contribution in [2.24, 2.45) is 5.73 Å². The number of benzene rings is 1. The third-order valence-electron chi connectivity index (χ3n) is 2.30. The molecule has 0 saturated carbocycles. The Morgan fingerprint density at radius 1 is 1.65 bits per heavy atom. The Labute approximate surface area is 104 Å². The summed E-state index contributed by atoms with van der Waals surface area (Å²) in [6.45, 7) is 1.79. The van der Waals surface area contributed by atoms with Crippen molar-refractivity contribution in [3.63, 3.8) is 0 Å². The number of nitro groups is 1. The molecule has 94 valence electrons. The molecule has 2 unspecified atom stereocenters. The third-order valence-corrected chi connectivity index (χ3v) is 2.54. The summed E-state index contributed by atoms with van der Waals surface area (Å²) in [5, 5.41) is 23.1. The lowest BCUT2D eigenvalue weighted by atomic mass is 10.2. The molecule has 1 rings (SSSR count). The Balaban J connectivity index is 2.80. The Hall–Kier alpha value is -1.37. The minimum atomic E-state index is -0.686. The van der Waals surface area contributed by atoms with Crippen LogP contribution < -0.4 is 11.1 Å². The highest BCUT2D eigenvalue weighted by molar-refractivity contribution is 6.30.